The van der Waals surface area contributed by atoms with Crippen molar-refractivity contribution in [2.45, 2.75) is 6.92 Å². The molecule has 1 heterocycles. The standard InChI is InChI=1S/C13H9Cl2FN2O3/c1-2-21-12-7(5-6-17-13(12)18(19)20)10-8(14)3-4-9(16)11(10)15/h3-6H,2H2,1H3. The Morgan fingerprint density at radius 2 is 2.10 bits per heavy atom. The summed E-state index contributed by atoms with van der Waals surface area (Å²) in [5, 5.41) is 11.0. The van der Waals surface area contributed by atoms with Gasteiger partial charge in [0.1, 0.15) is 12.0 Å². The summed E-state index contributed by atoms with van der Waals surface area (Å²) in [4.78, 5) is 14.0. The minimum Gasteiger partial charge on any atom is -0.486 e. The lowest BCUT2D eigenvalue weighted by atomic mass is 10.1. The van der Waals surface area contributed by atoms with Crippen LogP contribution in [0.1, 0.15) is 6.92 Å². The number of ether oxygens (including phenoxy) is 1. The maximum absolute atomic E-state index is 13.6. The van der Waals surface area contributed by atoms with Crippen LogP contribution in [-0.4, -0.2) is 16.5 Å². The molecule has 2 aromatic rings. The highest BCUT2D eigenvalue weighted by molar-refractivity contribution is 6.39. The third-order valence-electron chi connectivity index (χ3n) is 2.66. The van der Waals surface area contributed by atoms with Gasteiger partial charge in [-0.1, -0.05) is 23.2 Å². The van der Waals surface area contributed by atoms with Crippen molar-refractivity contribution in [2.24, 2.45) is 0 Å². The molecule has 21 heavy (non-hydrogen) atoms. The first kappa shape index (κ1) is 15.5. The molecular formula is C13H9Cl2FN2O3. The maximum atomic E-state index is 13.6. The molecule has 2 rings (SSSR count). The second kappa shape index (κ2) is 6.24. The van der Waals surface area contributed by atoms with Gasteiger partial charge >= 0.3 is 5.82 Å². The van der Waals surface area contributed by atoms with Crippen LogP contribution in [0.2, 0.25) is 10.0 Å². The Hall–Kier alpha value is -1.92. The Morgan fingerprint density at radius 1 is 1.38 bits per heavy atom. The summed E-state index contributed by atoms with van der Waals surface area (Å²) in [5.41, 5.74) is 0.348. The summed E-state index contributed by atoms with van der Waals surface area (Å²) in [6.07, 6.45) is 1.22. The molecule has 0 atom stereocenters. The quantitative estimate of drug-likeness (QED) is 0.470. The van der Waals surface area contributed by atoms with Crippen LogP contribution in [-0.2, 0) is 0 Å². The van der Waals surface area contributed by atoms with E-state index in [1.807, 2.05) is 0 Å². The van der Waals surface area contributed by atoms with Gasteiger partial charge in [0.25, 0.3) is 0 Å². The van der Waals surface area contributed by atoms with E-state index in [9.17, 15) is 14.5 Å². The number of pyridine rings is 1. The summed E-state index contributed by atoms with van der Waals surface area (Å²) < 4.78 is 18.9. The lowest BCUT2D eigenvalue weighted by Crippen LogP contribution is -2.02. The van der Waals surface area contributed by atoms with Crippen molar-refractivity contribution in [3.8, 4) is 16.9 Å². The van der Waals surface area contributed by atoms with Crippen molar-refractivity contribution in [3.05, 3.63) is 50.4 Å². The van der Waals surface area contributed by atoms with Gasteiger partial charge in [-0.2, -0.15) is 0 Å². The van der Waals surface area contributed by atoms with Gasteiger partial charge in [0.15, 0.2) is 0 Å². The van der Waals surface area contributed by atoms with Gasteiger partial charge in [-0.05, 0) is 35.0 Å². The number of hydrogen-bond donors (Lipinski definition) is 0. The zero-order chi connectivity index (χ0) is 15.6. The van der Waals surface area contributed by atoms with Gasteiger partial charge in [-0.15, -0.1) is 0 Å². The molecule has 0 unspecified atom stereocenters. The lowest BCUT2D eigenvalue weighted by molar-refractivity contribution is -0.390. The first-order chi connectivity index (χ1) is 9.97. The van der Waals surface area contributed by atoms with Crippen LogP contribution in [0.5, 0.6) is 5.75 Å². The zero-order valence-electron chi connectivity index (χ0n) is 10.8. The first-order valence-electron chi connectivity index (χ1n) is 5.87. The topological polar surface area (TPSA) is 65.3 Å². The number of halogens is 3. The number of aromatic nitrogens is 1. The Bertz CT molecular complexity index is 710. The average molecular weight is 331 g/mol. The van der Waals surface area contributed by atoms with Crippen LogP contribution >= 0.6 is 23.2 Å². The molecule has 5 nitrogen and oxygen atoms in total. The second-order valence-electron chi connectivity index (χ2n) is 3.92. The molecule has 1 aromatic heterocycles. The minimum absolute atomic E-state index is 0.0978. The molecule has 0 aliphatic rings. The lowest BCUT2D eigenvalue weighted by Gasteiger charge is -2.12. The molecule has 0 spiro atoms. The normalized spacial score (nSPS) is 10.5. The van der Waals surface area contributed by atoms with Crippen molar-refractivity contribution >= 4 is 29.0 Å². The van der Waals surface area contributed by atoms with Gasteiger partial charge in [0, 0.05) is 11.1 Å². The molecule has 0 aliphatic heterocycles. The highest BCUT2D eigenvalue weighted by Gasteiger charge is 2.25. The molecule has 110 valence electrons. The van der Waals surface area contributed by atoms with Crippen LogP contribution in [0.15, 0.2) is 24.4 Å². The van der Waals surface area contributed by atoms with E-state index in [2.05, 4.69) is 4.98 Å². The third kappa shape index (κ3) is 2.91. The predicted molar refractivity (Wildman–Crippen MR) is 77.5 cm³/mol. The number of hydrogen-bond acceptors (Lipinski definition) is 4. The summed E-state index contributed by atoms with van der Waals surface area (Å²) in [7, 11) is 0. The smallest absolute Gasteiger partial charge is 0.406 e. The summed E-state index contributed by atoms with van der Waals surface area (Å²) in [5.74, 6) is -1.26. The molecule has 0 bridgehead atoms. The molecular weight excluding hydrogens is 322 g/mol. The molecule has 0 aliphatic carbocycles. The molecule has 0 amide bonds. The minimum atomic E-state index is -0.685. The van der Waals surface area contributed by atoms with Crippen molar-refractivity contribution in [3.63, 3.8) is 0 Å². The molecule has 0 N–H and O–H groups in total. The van der Waals surface area contributed by atoms with E-state index in [0.29, 0.717) is 0 Å². The number of rotatable bonds is 4. The van der Waals surface area contributed by atoms with E-state index >= 15 is 0 Å². The third-order valence-corrected chi connectivity index (χ3v) is 3.35. The van der Waals surface area contributed by atoms with Gasteiger partial charge in [-0.3, -0.25) is 0 Å². The van der Waals surface area contributed by atoms with E-state index in [1.165, 1.54) is 18.3 Å². The van der Waals surface area contributed by atoms with Crippen LogP contribution < -0.4 is 4.74 Å². The number of nitro groups is 1. The van der Waals surface area contributed by atoms with E-state index in [-0.39, 0.29) is 33.5 Å². The summed E-state index contributed by atoms with van der Waals surface area (Å²) >= 11 is 12.0. The monoisotopic (exact) mass is 330 g/mol. The van der Waals surface area contributed by atoms with Crippen LogP contribution in [0.25, 0.3) is 11.1 Å². The van der Waals surface area contributed by atoms with Gasteiger partial charge in [-0.25, -0.2) is 4.39 Å². The Kier molecular flexibility index (Phi) is 4.59. The SMILES string of the molecule is CCOc1c(-c2c(Cl)ccc(F)c2Cl)ccnc1[N+](=O)[O-]. The summed E-state index contributed by atoms with van der Waals surface area (Å²) in [6, 6.07) is 3.87. The highest BCUT2D eigenvalue weighted by Crippen LogP contribution is 2.43. The largest absolute Gasteiger partial charge is 0.486 e. The fraction of sp³-hybridized carbons (Fsp3) is 0.154. The number of benzene rings is 1. The zero-order valence-corrected chi connectivity index (χ0v) is 12.3. The van der Waals surface area contributed by atoms with Crippen LogP contribution in [0.4, 0.5) is 10.2 Å². The van der Waals surface area contributed by atoms with Crippen LogP contribution in [0, 0.1) is 15.9 Å². The number of nitrogens with zero attached hydrogens (tertiary/aromatic N) is 2. The van der Waals surface area contributed by atoms with Gasteiger partial charge in [0.2, 0.25) is 5.75 Å². The highest BCUT2D eigenvalue weighted by atomic mass is 35.5. The van der Waals surface area contributed by atoms with E-state index in [1.54, 1.807) is 6.92 Å². The predicted octanol–water partition coefficient (Wildman–Crippen LogP) is 4.50. The van der Waals surface area contributed by atoms with Gasteiger partial charge < -0.3 is 14.9 Å². The Morgan fingerprint density at radius 3 is 2.71 bits per heavy atom. The Labute approximate surface area is 129 Å². The molecule has 8 heteroatoms. The second-order valence-corrected chi connectivity index (χ2v) is 4.70. The van der Waals surface area contributed by atoms with Crippen molar-refractivity contribution in [2.75, 3.05) is 6.61 Å². The van der Waals surface area contributed by atoms with Crippen LogP contribution in [0.3, 0.4) is 0 Å². The van der Waals surface area contributed by atoms with E-state index < -0.39 is 16.6 Å². The summed E-state index contributed by atoms with van der Waals surface area (Å²) in [6.45, 7) is 1.83. The average Bonchev–Trinajstić information content (AvgIpc) is 2.45. The molecule has 1 aromatic carbocycles. The first-order valence-corrected chi connectivity index (χ1v) is 6.63. The maximum Gasteiger partial charge on any atom is 0.406 e. The molecule has 0 saturated heterocycles. The molecule has 0 radical (unpaired) electrons. The van der Waals surface area contributed by atoms with E-state index in [0.717, 1.165) is 6.07 Å². The Balaban J connectivity index is 2.78. The van der Waals surface area contributed by atoms with E-state index in [4.69, 9.17) is 27.9 Å². The fourth-order valence-electron chi connectivity index (χ4n) is 1.82. The van der Waals surface area contributed by atoms with Crippen molar-refractivity contribution < 1.29 is 14.1 Å². The van der Waals surface area contributed by atoms with Crippen molar-refractivity contribution in [1.29, 1.82) is 0 Å². The fourth-order valence-corrected chi connectivity index (χ4v) is 2.40. The van der Waals surface area contributed by atoms with Crippen molar-refractivity contribution in [1.82, 2.24) is 4.98 Å². The molecule has 0 saturated carbocycles. The molecule has 0 fully saturated rings. The van der Waals surface area contributed by atoms with Gasteiger partial charge in [0.05, 0.1) is 16.7 Å².